The number of nitrogens with one attached hydrogen (secondary N) is 2. The van der Waals surface area contributed by atoms with E-state index in [0.29, 0.717) is 25.6 Å². The minimum atomic E-state index is -0.0498. The fourth-order valence-corrected chi connectivity index (χ4v) is 3.48. The second kappa shape index (κ2) is 10.5. The summed E-state index contributed by atoms with van der Waals surface area (Å²) in [6.07, 6.45) is 0.0929. The van der Waals surface area contributed by atoms with Gasteiger partial charge in [-0.1, -0.05) is 26.0 Å². The third-order valence-corrected chi connectivity index (χ3v) is 4.71. The first kappa shape index (κ1) is 20.7. The summed E-state index contributed by atoms with van der Waals surface area (Å²) in [4.78, 5) is 7.20. The highest BCUT2D eigenvalue weighted by Gasteiger charge is 2.22. The van der Waals surface area contributed by atoms with E-state index in [9.17, 15) is 0 Å². The summed E-state index contributed by atoms with van der Waals surface area (Å²) >= 11 is 0. The maximum Gasteiger partial charge on any atom is 0.191 e. The number of rotatable bonds is 7. The first-order chi connectivity index (χ1) is 13.6. The van der Waals surface area contributed by atoms with E-state index in [-0.39, 0.29) is 12.2 Å². The van der Waals surface area contributed by atoms with Gasteiger partial charge in [0.2, 0.25) is 0 Å². The molecule has 2 atom stereocenters. The normalized spacial score (nSPS) is 22.9. The molecule has 1 aromatic carbocycles. The molecular weight excluding hydrogens is 356 g/mol. The van der Waals surface area contributed by atoms with Gasteiger partial charge in [-0.25, -0.2) is 0 Å². The monoisotopic (exact) mass is 390 g/mol. The van der Waals surface area contributed by atoms with Gasteiger partial charge < -0.3 is 24.8 Å². The van der Waals surface area contributed by atoms with Crippen LogP contribution in [0.15, 0.2) is 29.3 Å². The lowest BCUT2D eigenvalue weighted by Crippen LogP contribution is -2.47. The van der Waals surface area contributed by atoms with Crippen LogP contribution in [0.1, 0.15) is 20.8 Å². The van der Waals surface area contributed by atoms with Crippen LogP contribution in [0.25, 0.3) is 0 Å². The van der Waals surface area contributed by atoms with Crippen molar-refractivity contribution in [2.24, 2.45) is 10.9 Å². The van der Waals surface area contributed by atoms with Crippen LogP contribution < -0.4 is 20.1 Å². The summed E-state index contributed by atoms with van der Waals surface area (Å²) in [5, 5.41) is 6.67. The van der Waals surface area contributed by atoms with E-state index in [1.807, 2.05) is 24.3 Å². The van der Waals surface area contributed by atoms with E-state index in [1.54, 1.807) is 0 Å². The molecule has 2 aliphatic rings. The van der Waals surface area contributed by atoms with E-state index in [2.05, 4.69) is 36.3 Å². The molecule has 0 bridgehead atoms. The van der Waals surface area contributed by atoms with Crippen LogP contribution in [0.2, 0.25) is 0 Å². The molecule has 7 nitrogen and oxygen atoms in total. The van der Waals surface area contributed by atoms with E-state index < -0.39 is 0 Å². The molecule has 2 aliphatic heterocycles. The highest BCUT2D eigenvalue weighted by atomic mass is 16.6. The zero-order valence-electron chi connectivity index (χ0n) is 17.3. The number of hydrogen-bond donors (Lipinski definition) is 2. The number of para-hydroxylation sites is 2. The number of morpholine rings is 1. The van der Waals surface area contributed by atoms with E-state index in [0.717, 1.165) is 50.2 Å². The number of hydrogen-bond acceptors (Lipinski definition) is 5. The van der Waals surface area contributed by atoms with Crippen LogP contribution in [-0.2, 0) is 4.74 Å². The minimum absolute atomic E-state index is 0.0498. The SMILES string of the molecule is CCNC(=NCC1CN(CC(C)C)CCO1)NCC1COc2ccccc2O1. The first-order valence-electron chi connectivity index (χ1n) is 10.4. The van der Waals surface area contributed by atoms with Crippen molar-refractivity contribution in [1.29, 1.82) is 0 Å². The van der Waals surface area contributed by atoms with Crippen LogP contribution in [0, 0.1) is 5.92 Å². The van der Waals surface area contributed by atoms with Gasteiger partial charge in [-0.05, 0) is 25.0 Å². The Kier molecular flexibility index (Phi) is 7.80. The highest BCUT2D eigenvalue weighted by Crippen LogP contribution is 2.30. The summed E-state index contributed by atoms with van der Waals surface area (Å²) in [6.45, 7) is 13.0. The molecule has 2 heterocycles. The van der Waals surface area contributed by atoms with Crippen LogP contribution in [0.4, 0.5) is 0 Å². The Morgan fingerprint density at radius 1 is 1.21 bits per heavy atom. The number of aliphatic imine (C=N–C) groups is 1. The summed E-state index contributed by atoms with van der Waals surface area (Å²) in [7, 11) is 0. The Morgan fingerprint density at radius 3 is 2.82 bits per heavy atom. The molecule has 0 amide bonds. The molecular formula is C21H34N4O3. The van der Waals surface area contributed by atoms with Crippen LogP contribution >= 0.6 is 0 Å². The lowest BCUT2D eigenvalue weighted by Gasteiger charge is -2.33. The Hall–Kier alpha value is -1.99. The third-order valence-electron chi connectivity index (χ3n) is 4.71. The third kappa shape index (κ3) is 6.27. The average molecular weight is 391 g/mol. The molecule has 1 aromatic rings. The number of ether oxygens (including phenoxy) is 3. The molecule has 1 saturated heterocycles. The van der Waals surface area contributed by atoms with Gasteiger partial charge in [0.25, 0.3) is 0 Å². The Morgan fingerprint density at radius 2 is 2.04 bits per heavy atom. The van der Waals surface area contributed by atoms with Crippen molar-refractivity contribution in [3.8, 4) is 11.5 Å². The molecule has 156 valence electrons. The lowest BCUT2D eigenvalue weighted by molar-refractivity contribution is -0.0262. The quantitative estimate of drug-likeness (QED) is 0.546. The zero-order valence-corrected chi connectivity index (χ0v) is 17.3. The number of fused-ring (bicyclic) bond motifs is 1. The summed E-state index contributed by atoms with van der Waals surface area (Å²) < 4.78 is 17.7. The Bertz CT molecular complexity index is 638. The minimum Gasteiger partial charge on any atom is -0.486 e. The second-order valence-electron chi connectivity index (χ2n) is 7.74. The van der Waals surface area contributed by atoms with Gasteiger partial charge in [0.05, 0.1) is 25.8 Å². The van der Waals surface area contributed by atoms with E-state index >= 15 is 0 Å². The zero-order chi connectivity index (χ0) is 19.8. The summed E-state index contributed by atoms with van der Waals surface area (Å²) in [6, 6.07) is 7.77. The molecule has 7 heteroatoms. The van der Waals surface area contributed by atoms with Crippen molar-refractivity contribution in [2.75, 3.05) is 52.5 Å². The standard InChI is InChI=1S/C21H34N4O3/c1-4-22-21(23-11-17-14-25(9-10-26-17)13-16(2)3)24-12-18-15-27-19-7-5-6-8-20(19)28-18/h5-8,16-18H,4,9-15H2,1-3H3,(H2,22,23,24). The molecule has 2 N–H and O–H groups in total. The van der Waals surface area contributed by atoms with Crippen molar-refractivity contribution in [1.82, 2.24) is 15.5 Å². The molecule has 0 spiro atoms. The topological polar surface area (TPSA) is 67.4 Å². The van der Waals surface area contributed by atoms with Crippen molar-refractivity contribution in [2.45, 2.75) is 33.0 Å². The van der Waals surface area contributed by atoms with Crippen LogP contribution in [0.5, 0.6) is 11.5 Å². The van der Waals surface area contributed by atoms with Crippen molar-refractivity contribution >= 4 is 5.96 Å². The molecule has 28 heavy (non-hydrogen) atoms. The lowest BCUT2D eigenvalue weighted by atomic mass is 10.2. The van der Waals surface area contributed by atoms with Gasteiger partial charge in [-0.2, -0.15) is 0 Å². The molecule has 0 aromatic heterocycles. The van der Waals surface area contributed by atoms with Crippen LogP contribution in [-0.4, -0.2) is 75.5 Å². The summed E-state index contributed by atoms with van der Waals surface area (Å²) in [5.41, 5.74) is 0. The first-order valence-corrected chi connectivity index (χ1v) is 10.4. The number of guanidine groups is 1. The fourth-order valence-electron chi connectivity index (χ4n) is 3.48. The number of nitrogens with zero attached hydrogens (tertiary/aromatic N) is 2. The van der Waals surface area contributed by atoms with Crippen molar-refractivity contribution in [3.63, 3.8) is 0 Å². The molecule has 3 rings (SSSR count). The molecule has 0 saturated carbocycles. The Balaban J connectivity index is 1.48. The summed E-state index contributed by atoms with van der Waals surface area (Å²) in [5.74, 6) is 3.06. The predicted octanol–water partition coefficient (Wildman–Crippen LogP) is 1.74. The van der Waals surface area contributed by atoms with E-state index in [1.165, 1.54) is 0 Å². The predicted molar refractivity (Wildman–Crippen MR) is 111 cm³/mol. The molecule has 2 unspecified atom stereocenters. The van der Waals surface area contributed by atoms with Crippen molar-refractivity contribution in [3.05, 3.63) is 24.3 Å². The maximum atomic E-state index is 6.00. The maximum absolute atomic E-state index is 6.00. The number of benzene rings is 1. The van der Waals surface area contributed by atoms with Gasteiger partial charge >= 0.3 is 0 Å². The van der Waals surface area contributed by atoms with Gasteiger partial charge in [0.15, 0.2) is 17.5 Å². The second-order valence-corrected chi connectivity index (χ2v) is 7.74. The Labute approximate surface area is 168 Å². The molecule has 0 aliphatic carbocycles. The van der Waals surface area contributed by atoms with Gasteiger partial charge in [-0.3, -0.25) is 9.89 Å². The van der Waals surface area contributed by atoms with Gasteiger partial charge in [-0.15, -0.1) is 0 Å². The largest absolute Gasteiger partial charge is 0.486 e. The average Bonchev–Trinajstić information content (AvgIpc) is 2.70. The van der Waals surface area contributed by atoms with Crippen LogP contribution in [0.3, 0.4) is 0 Å². The van der Waals surface area contributed by atoms with Crippen molar-refractivity contribution < 1.29 is 14.2 Å². The molecule has 1 fully saturated rings. The van der Waals surface area contributed by atoms with Gasteiger partial charge in [0, 0.05) is 26.2 Å². The highest BCUT2D eigenvalue weighted by molar-refractivity contribution is 5.79. The fraction of sp³-hybridized carbons (Fsp3) is 0.667. The van der Waals surface area contributed by atoms with E-state index in [4.69, 9.17) is 19.2 Å². The molecule has 0 radical (unpaired) electrons. The smallest absolute Gasteiger partial charge is 0.191 e. The van der Waals surface area contributed by atoms with Gasteiger partial charge in [0.1, 0.15) is 12.7 Å².